The zero-order valence-corrected chi connectivity index (χ0v) is 16.9. The van der Waals surface area contributed by atoms with Crippen LogP contribution in [0.3, 0.4) is 0 Å². The highest BCUT2D eigenvalue weighted by molar-refractivity contribution is 9.10. The summed E-state index contributed by atoms with van der Waals surface area (Å²) in [6, 6.07) is 12.5. The average Bonchev–Trinajstić information content (AvgIpc) is 2.61. The fourth-order valence-electron chi connectivity index (χ4n) is 2.02. The molecule has 2 aromatic rings. The Balaban J connectivity index is 1.96. The number of hydrazone groups is 1. The number of carbonyl (C=O) groups excluding carboxylic acids is 1. The molecule has 5 nitrogen and oxygen atoms in total. The number of ether oxygens (including phenoxy) is 2. The van der Waals surface area contributed by atoms with Crippen LogP contribution in [0.2, 0.25) is 5.02 Å². The molecule has 0 aliphatic heterocycles. The Kier molecular flexibility index (Phi) is 7.94. The van der Waals surface area contributed by atoms with Crippen LogP contribution in [0.5, 0.6) is 11.5 Å². The lowest BCUT2D eigenvalue weighted by Crippen LogP contribution is -2.33. The lowest BCUT2D eigenvalue weighted by molar-refractivity contribution is -0.127. The van der Waals surface area contributed by atoms with E-state index >= 15 is 0 Å². The highest BCUT2D eigenvalue weighted by Crippen LogP contribution is 2.22. The quantitative estimate of drug-likeness (QED) is 0.474. The van der Waals surface area contributed by atoms with E-state index in [1.165, 1.54) is 0 Å². The van der Waals surface area contributed by atoms with Gasteiger partial charge in [-0.15, -0.1) is 0 Å². The van der Waals surface area contributed by atoms with Crippen molar-refractivity contribution in [2.45, 2.75) is 26.4 Å². The predicted molar refractivity (Wildman–Crippen MR) is 107 cm³/mol. The molecule has 0 radical (unpaired) electrons. The minimum Gasteiger partial charge on any atom is -0.493 e. The van der Waals surface area contributed by atoms with Crippen LogP contribution in [0.1, 0.15) is 25.8 Å². The van der Waals surface area contributed by atoms with Gasteiger partial charge in [-0.2, -0.15) is 5.10 Å². The molecule has 0 saturated carbocycles. The Hall–Kier alpha value is -2.05. The van der Waals surface area contributed by atoms with E-state index in [1.807, 2.05) is 25.1 Å². The maximum atomic E-state index is 12.1. The summed E-state index contributed by atoms with van der Waals surface area (Å²) in [6.45, 7) is 4.29. The van der Waals surface area contributed by atoms with Crippen LogP contribution >= 0.6 is 27.5 Å². The van der Waals surface area contributed by atoms with Gasteiger partial charge in [0, 0.05) is 15.1 Å². The van der Waals surface area contributed by atoms with E-state index in [2.05, 4.69) is 26.5 Å². The molecule has 1 N–H and O–H groups in total. The van der Waals surface area contributed by atoms with E-state index in [1.54, 1.807) is 37.4 Å². The zero-order chi connectivity index (χ0) is 18.9. The summed E-state index contributed by atoms with van der Waals surface area (Å²) in [6.07, 6.45) is 1.73. The van der Waals surface area contributed by atoms with Crippen molar-refractivity contribution in [3.63, 3.8) is 0 Å². The van der Waals surface area contributed by atoms with Gasteiger partial charge in [0.1, 0.15) is 11.5 Å². The Labute approximate surface area is 166 Å². The second-order valence-electron chi connectivity index (χ2n) is 5.48. The van der Waals surface area contributed by atoms with Crippen molar-refractivity contribution >= 4 is 39.7 Å². The number of carbonyl (C=O) groups is 1. The van der Waals surface area contributed by atoms with Gasteiger partial charge in [-0.25, -0.2) is 5.43 Å². The molecule has 138 valence electrons. The molecule has 26 heavy (non-hydrogen) atoms. The van der Waals surface area contributed by atoms with E-state index < -0.39 is 6.10 Å². The smallest absolute Gasteiger partial charge is 0.280 e. The van der Waals surface area contributed by atoms with Gasteiger partial charge in [-0.3, -0.25) is 4.79 Å². The second-order valence-corrected chi connectivity index (χ2v) is 6.83. The highest BCUT2D eigenvalue weighted by atomic mass is 79.9. The third kappa shape index (κ3) is 6.35. The first kappa shape index (κ1) is 20.3. The molecule has 2 aromatic carbocycles. The standard InChI is InChI=1S/C19H20BrClN2O3/c1-3-9-25-18-8-7-15(20)10-14(18)12-22-23-19(24)13(2)26-17-6-4-5-16(21)11-17/h4-8,10-13H,3,9H2,1-2H3,(H,23,24)/t13-/m0/s1. The number of nitrogens with zero attached hydrogens (tertiary/aromatic N) is 1. The molecule has 0 saturated heterocycles. The minimum absolute atomic E-state index is 0.368. The number of hydrogen-bond donors (Lipinski definition) is 1. The summed E-state index contributed by atoms with van der Waals surface area (Å²) in [5.41, 5.74) is 3.23. The third-order valence-corrected chi connectivity index (χ3v) is 4.02. The Morgan fingerprint density at radius 1 is 1.35 bits per heavy atom. The molecule has 0 aromatic heterocycles. The summed E-state index contributed by atoms with van der Waals surface area (Å²) in [7, 11) is 0. The first-order chi connectivity index (χ1) is 12.5. The molecule has 0 fully saturated rings. The van der Waals surface area contributed by atoms with Crippen molar-refractivity contribution in [3.05, 3.63) is 57.5 Å². The van der Waals surface area contributed by atoms with Crippen molar-refractivity contribution < 1.29 is 14.3 Å². The number of hydrogen-bond acceptors (Lipinski definition) is 4. The summed E-state index contributed by atoms with van der Waals surface area (Å²) in [5.74, 6) is 0.856. The Bertz CT molecular complexity index is 783. The largest absolute Gasteiger partial charge is 0.493 e. The van der Waals surface area contributed by atoms with E-state index in [-0.39, 0.29) is 5.91 Å². The van der Waals surface area contributed by atoms with Crippen molar-refractivity contribution in [1.82, 2.24) is 5.43 Å². The SMILES string of the molecule is CCCOc1ccc(Br)cc1C=NNC(=O)[C@H](C)Oc1cccc(Cl)c1. The molecule has 0 aliphatic carbocycles. The molecular weight excluding hydrogens is 420 g/mol. The van der Waals surface area contributed by atoms with Crippen LogP contribution < -0.4 is 14.9 Å². The van der Waals surface area contributed by atoms with Gasteiger partial charge in [0.25, 0.3) is 5.91 Å². The van der Waals surface area contributed by atoms with Crippen LogP contribution in [-0.2, 0) is 4.79 Å². The van der Waals surface area contributed by atoms with Crippen molar-refractivity contribution in [3.8, 4) is 11.5 Å². The van der Waals surface area contributed by atoms with Gasteiger partial charge < -0.3 is 9.47 Å². The lowest BCUT2D eigenvalue weighted by atomic mass is 10.2. The van der Waals surface area contributed by atoms with Crippen molar-refractivity contribution in [2.24, 2.45) is 5.10 Å². The lowest BCUT2D eigenvalue weighted by Gasteiger charge is -2.13. The van der Waals surface area contributed by atoms with Crippen LogP contribution in [0.25, 0.3) is 0 Å². The number of amides is 1. The summed E-state index contributed by atoms with van der Waals surface area (Å²) in [4.78, 5) is 12.1. The maximum Gasteiger partial charge on any atom is 0.280 e. The minimum atomic E-state index is -0.719. The molecule has 0 unspecified atom stereocenters. The highest BCUT2D eigenvalue weighted by Gasteiger charge is 2.14. The van der Waals surface area contributed by atoms with Crippen LogP contribution in [0, 0.1) is 0 Å². The van der Waals surface area contributed by atoms with Gasteiger partial charge >= 0.3 is 0 Å². The Morgan fingerprint density at radius 3 is 2.88 bits per heavy atom. The van der Waals surface area contributed by atoms with Gasteiger partial charge in [-0.1, -0.05) is 40.5 Å². The summed E-state index contributed by atoms with van der Waals surface area (Å²) in [5, 5.41) is 4.54. The number of rotatable bonds is 8. The summed E-state index contributed by atoms with van der Waals surface area (Å²) >= 11 is 9.32. The first-order valence-corrected chi connectivity index (χ1v) is 9.34. The van der Waals surface area contributed by atoms with Gasteiger partial charge in [0.05, 0.1) is 12.8 Å². The molecular formula is C19H20BrClN2O3. The Morgan fingerprint density at radius 2 is 2.15 bits per heavy atom. The topological polar surface area (TPSA) is 59.9 Å². The molecule has 0 aliphatic rings. The van der Waals surface area contributed by atoms with Gasteiger partial charge in [0.2, 0.25) is 0 Å². The molecule has 0 heterocycles. The van der Waals surface area contributed by atoms with E-state index in [0.29, 0.717) is 23.1 Å². The molecule has 0 spiro atoms. The van der Waals surface area contributed by atoms with E-state index in [4.69, 9.17) is 21.1 Å². The molecule has 7 heteroatoms. The molecule has 0 bridgehead atoms. The molecule has 1 atom stereocenters. The van der Waals surface area contributed by atoms with E-state index in [0.717, 1.165) is 16.5 Å². The fourth-order valence-corrected chi connectivity index (χ4v) is 2.58. The second kappa shape index (κ2) is 10.2. The molecule has 2 rings (SSSR count). The zero-order valence-electron chi connectivity index (χ0n) is 14.5. The molecule has 1 amide bonds. The van der Waals surface area contributed by atoms with Crippen LogP contribution in [0.15, 0.2) is 52.0 Å². The number of nitrogens with one attached hydrogen (secondary N) is 1. The van der Waals surface area contributed by atoms with Crippen LogP contribution in [-0.4, -0.2) is 24.8 Å². The average molecular weight is 440 g/mol. The summed E-state index contributed by atoms with van der Waals surface area (Å²) < 4.78 is 12.1. The fraction of sp³-hybridized carbons (Fsp3) is 0.263. The van der Waals surface area contributed by atoms with Gasteiger partial charge in [-0.05, 0) is 49.7 Å². The van der Waals surface area contributed by atoms with Crippen molar-refractivity contribution in [2.75, 3.05) is 6.61 Å². The monoisotopic (exact) mass is 438 g/mol. The number of halogens is 2. The normalized spacial score (nSPS) is 12.0. The van der Waals surface area contributed by atoms with Gasteiger partial charge in [0.15, 0.2) is 6.10 Å². The van der Waals surface area contributed by atoms with Crippen molar-refractivity contribution in [1.29, 1.82) is 0 Å². The van der Waals surface area contributed by atoms with Crippen LogP contribution in [0.4, 0.5) is 0 Å². The first-order valence-electron chi connectivity index (χ1n) is 8.17. The third-order valence-electron chi connectivity index (χ3n) is 3.29. The predicted octanol–water partition coefficient (Wildman–Crippen LogP) is 4.81. The maximum absolute atomic E-state index is 12.1. The number of benzene rings is 2. The van der Waals surface area contributed by atoms with E-state index in [9.17, 15) is 4.79 Å².